The average Bonchev–Trinajstić information content (AvgIpc) is 3.12. The summed E-state index contributed by atoms with van der Waals surface area (Å²) in [5.74, 6) is 1.49. The standard InChI is InChI=1S/C21H21ClFN3O/c22-15-4-5-19(23)20(10-15)26-12-17-16(18(17)13-26)7-9-25-21(27)6-3-14-2-1-8-24-11-14/h1-6,8,10-11,16-18H,7,9,12-13H2,(H,25,27)/b6-3+/t16-,17+,18-. The molecule has 1 amide bonds. The molecule has 0 bridgehead atoms. The minimum atomic E-state index is -0.218. The molecule has 1 N–H and O–H groups in total. The number of hydrogen-bond acceptors (Lipinski definition) is 3. The van der Waals surface area contributed by atoms with Crippen LogP contribution in [0.2, 0.25) is 5.02 Å². The van der Waals surface area contributed by atoms with E-state index in [9.17, 15) is 9.18 Å². The van der Waals surface area contributed by atoms with Gasteiger partial charge in [-0.3, -0.25) is 9.78 Å². The van der Waals surface area contributed by atoms with Crippen LogP contribution >= 0.6 is 11.6 Å². The zero-order chi connectivity index (χ0) is 18.8. The van der Waals surface area contributed by atoms with Crippen molar-refractivity contribution in [2.75, 3.05) is 24.5 Å². The van der Waals surface area contributed by atoms with E-state index in [1.165, 1.54) is 12.1 Å². The van der Waals surface area contributed by atoms with E-state index in [1.807, 2.05) is 12.1 Å². The summed E-state index contributed by atoms with van der Waals surface area (Å²) in [6.45, 7) is 2.39. The van der Waals surface area contributed by atoms with Crippen LogP contribution in [-0.2, 0) is 4.79 Å². The van der Waals surface area contributed by atoms with Crippen molar-refractivity contribution in [3.05, 3.63) is 65.2 Å². The SMILES string of the molecule is O=C(/C=C/c1cccnc1)NCC[C@H]1[C@H]2CN(c3cc(Cl)ccc3F)C[C@@H]12. The van der Waals surface area contributed by atoms with Gasteiger partial charge in [0.2, 0.25) is 5.91 Å². The zero-order valence-electron chi connectivity index (χ0n) is 14.8. The lowest BCUT2D eigenvalue weighted by atomic mass is 10.1. The molecule has 2 aliphatic rings. The summed E-state index contributed by atoms with van der Waals surface area (Å²) in [4.78, 5) is 18.0. The Morgan fingerprint density at radius 3 is 2.89 bits per heavy atom. The third-order valence-electron chi connectivity index (χ3n) is 5.51. The van der Waals surface area contributed by atoms with Crippen molar-refractivity contribution in [2.45, 2.75) is 6.42 Å². The number of nitrogens with zero attached hydrogens (tertiary/aromatic N) is 2. The number of fused-ring (bicyclic) bond motifs is 1. The van der Waals surface area contributed by atoms with E-state index < -0.39 is 0 Å². The van der Waals surface area contributed by atoms with E-state index in [4.69, 9.17) is 11.6 Å². The molecule has 2 aromatic rings. The second kappa shape index (κ2) is 7.69. The zero-order valence-corrected chi connectivity index (χ0v) is 15.6. The highest BCUT2D eigenvalue weighted by molar-refractivity contribution is 6.30. The number of piperidine rings is 1. The molecule has 27 heavy (non-hydrogen) atoms. The summed E-state index contributed by atoms with van der Waals surface area (Å²) in [7, 11) is 0. The number of amides is 1. The number of nitrogens with one attached hydrogen (secondary N) is 1. The Hall–Kier alpha value is -2.40. The summed E-state index contributed by atoms with van der Waals surface area (Å²) in [6.07, 6.45) is 7.67. The number of carbonyl (C=O) groups is 1. The van der Waals surface area contributed by atoms with Crippen molar-refractivity contribution in [1.29, 1.82) is 0 Å². The molecule has 0 unspecified atom stereocenters. The lowest BCUT2D eigenvalue weighted by molar-refractivity contribution is -0.116. The molecule has 1 aromatic carbocycles. The Kier molecular flexibility index (Phi) is 5.12. The summed E-state index contributed by atoms with van der Waals surface area (Å²) in [5, 5.41) is 3.50. The van der Waals surface area contributed by atoms with Gasteiger partial charge < -0.3 is 10.2 Å². The van der Waals surface area contributed by atoms with Crippen LogP contribution < -0.4 is 10.2 Å². The molecule has 0 radical (unpaired) electrons. The number of pyridine rings is 1. The number of hydrogen-bond donors (Lipinski definition) is 1. The minimum Gasteiger partial charge on any atom is -0.369 e. The van der Waals surface area contributed by atoms with Crippen LogP contribution in [0.3, 0.4) is 0 Å². The first-order valence-corrected chi connectivity index (χ1v) is 9.55. The maximum atomic E-state index is 14.0. The first kappa shape index (κ1) is 18.0. The summed E-state index contributed by atoms with van der Waals surface area (Å²) in [6, 6.07) is 8.43. The molecule has 6 heteroatoms. The molecule has 1 aromatic heterocycles. The Bertz CT molecular complexity index is 846. The largest absolute Gasteiger partial charge is 0.369 e. The quantitative estimate of drug-likeness (QED) is 0.770. The number of benzene rings is 1. The Balaban J connectivity index is 1.20. The average molecular weight is 386 g/mol. The molecule has 1 saturated carbocycles. The monoisotopic (exact) mass is 385 g/mol. The predicted molar refractivity (Wildman–Crippen MR) is 105 cm³/mol. The lowest BCUT2D eigenvalue weighted by Gasteiger charge is -2.22. The normalized spacial score (nSPS) is 23.5. The molecule has 1 saturated heterocycles. The first-order valence-electron chi connectivity index (χ1n) is 9.18. The highest BCUT2D eigenvalue weighted by Crippen LogP contribution is 2.54. The summed E-state index contributed by atoms with van der Waals surface area (Å²) < 4.78 is 14.0. The third-order valence-corrected chi connectivity index (χ3v) is 5.74. The van der Waals surface area contributed by atoms with Gasteiger partial charge in [0.25, 0.3) is 0 Å². The van der Waals surface area contributed by atoms with Crippen LogP contribution in [0.4, 0.5) is 10.1 Å². The molecule has 4 rings (SSSR count). The molecule has 2 heterocycles. The van der Waals surface area contributed by atoms with Crippen molar-refractivity contribution in [3.63, 3.8) is 0 Å². The fourth-order valence-corrected chi connectivity index (χ4v) is 4.24. The van der Waals surface area contributed by atoms with Gasteiger partial charge in [0.1, 0.15) is 5.82 Å². The Morgan fingerprint density at radius 1 is 1.33 bits per heavy atom. The van der Waals surface area contributed by atoms with Gasteiger partial charge in [0, 0.05) is 43.1 Å². The molecular formula is C21H21ClFN3O. The number of carbonyl (C=O) groups excluding carboxylic acids is 1. The van der Waals surface area contributed by atoms with E-state index in [-0.39, 0.29) is 11.7 Å². The fraction of sp³-hybridized carbons (Fsp3) is 0.333. The van der Waals surface area contributed by atoms with Crippen molar-refractivity contribution < 1.29 is 9.18 Å². The minimum absolute atomic E-state index is 0.0905. The van der Waals surface area contributed by atoms with Crippen LogP contribution in [0, 0.1) is 23.6 Å². The van der Waals surface area contributed by atoms with E-state index >= 15 is 0 Å². The van der Waals surface area contributed by atoms with Crippen molar-refractivity contribution >= 4 is 29.3 Å². The highest BCUT2D eigenvalue weighted by atomic mass is 35.5. The van der Waals surface area contributed by atoms with Gasteiger partial charge in [-0.2, -0.15) is 0 Å². The number of halogens is 2. The molecule has 140 valence electrons. The van der Waals surface area contributed by atoms with E-state index in [0.717, 1.165) is 25.1 Å². The van der Waals surface area contributed by atoms with Gasteiger partial charge >= 0.3 is 0 Å². The number of aromatic nitrogens is 1. The van der Waals surface area contributed by atoms with Gasteiger partial charge in [-0.05, 0) is 60.1 Å². The molecule has 4 nitrogen and oxygen atoms in total. The molecule has 2 fully saturated rings. The highest BCUT2D eigenvalue weighted by Gasteiger charge is 2.55. The smallest absolute Gasteiger partial charge is 0.244 e. The second-order valence-corrected chi connectivity index (χ2v) is 7.63. The molecule has 3 atom stereocenters. The topological polar surface area (TPSA) is 45.2 Å². The second-order valence-electron chi connectivity index (χ2n) is 7.19. The molecule has 0 spiro atoms. The van der Waals surface area contributed by atoms with Crippen LogP contribution in [0.1, 0.15) is 12.0 Å². The number of anilines is 1. The van der Waals surface area contributed by atoms with E-state index in [2.05, 4.69) is 15.2 Å². The van der Waals surface area contributed by atoms with E-state index in [0.29, 0.717) is 35.0 Å². The van der Waals surface area contributed by atoms with Crippen LogP contribution in [0.15, 0.2) is 48.8 Å². The van der Waals surface area contributed by atoms with Crippen molar-refractivity contribution in [3.8, 4) is 0 Å². The first-order chi connectivity index (χ1) is 13.1. The molecule has 1 aliphatic heterocycles. The van der Waals surface area contributed by atoms with Crippen LogP contribution in [0.5, 0.6) is 0 Å². The van der Waals surface area contributed by atoms with Gasteiger partial charge in [-0.15, -0.1) is 0 Å². The summed E-state index contributed by atoms with van der Waals surface area (Å²) >= 11 is 5.99. The van der Waals surface area contributed by atoms with Gasteiger partial charge in [-0.1, -0.05) is 17.7 Å². The summed E-state index contributed by atoms with van der Waals surface area (Å²) in [5.41, 5.74) is 1.50. The Labute approximate surface area is 163 Å². The third kappa shape index (κ3) is 4.14. The maximum Gasteiger partial charge on any atom is 0.244 e. The van der Waals surface area contributed by atoms with Crippen LogP contribution in [0.25, 0.3) is 6.08 Å². The fourth-order valence-electron chi connectivity index (χ4n) is 4.07. The lowest BCUT2D eigenvalue weighted by Crippen LogP contribution is -2.27. The van der Waals surface area contributed by atoms with E-state index in [1.54, 1.807) is 30.6 Å². The predicted octanol–water partition coefficient (Wildman–Crippen LogP) is 3.78. The molecular weight excluding hydrogens is 365 g/mol. The maximum absolute atomic E-state index is 14.0. The Morgan fingerprint density at radius 2 is 2.15 bits per heavy atom. The van der Waals surface area contributed by atoms with Crippen LogP contribution in [-0.4, -0.2) is 30.5 Å². The van der Waals surface area contributed by atoms with Gasteiger partial charge in [0.05, 0.1) is 5.69 Å². The van der Waals surface area contributed by atoms with Gasteiger partial charge in [-0.25, -0.2) is 4.39 Å². The van der Waals surface area contributed by atoms with Crippen molar-refractivity contribution in [1.82, 2.24) is 10.3 Å². The van der Waals surface area contributed by atoms with Gasteiger partial charge in [0.15, 0.2) is 0 Å². The molecule has 1 aliphatic carbocycles. The number of rotatable bonds is 6. The van der Waals surface area contributed by atoms with Crippen molar-refractivity contribution in [2.24, 2.45) is 17.8 Å².